The van der Waals surface area contributed by atoms with Crippen molar-refractivity contribution in [2.45, 2.75) is 19.8 Å². The van der Waals surface area contributed by atoms with Crippen molar-refractivity contribution in [1.29, 1.82) is 0 Å². The predicted molar refractivity (Wildman–Crippen MR) is 68.5 cm³/mol. The number of thiazole rings is 1. The summed E-state index contributed by atoms with van der Waals surface area (Å²) in [5.41, 5.74) is 1.06. The summed E-state index contributed by atoms with van der Waals surface area (Å²) in [7, 11) is 0. The van der Waals surface area contributed by atoms with Gasteiger partial charge in [0.15, 0.2) is 0 Å². The van der Waals surface area contributed by atoms with E-state index in [-0.39, 0.29) is 10.7 Å². The predicted octanol–water partition coefficient (Wildman–Crippen LogP) is 3.60. The minimum atomic E-state index is -0.992. The molecule has 0 radical (unpaired) electrons. The number of aromatic nitrogens is 1. The van der Waals surface area contributed by atoms with Gasteiger partial charge in [-0.25, -0.2) is 14.2 Å². The van der Waals surface area contributed by atoms with Gasteiger partial charge in [-0.1, -0.05) is 6.92 Å². The number of aryl methyl sites for hydroxylation is 1. The molecule has 0 aliphatic rings. The second-order valence-corrected chi connectivity index (χ2v) is 4.93. The Morgan fingerprint density at radius 2 is 2.06 bits per heavy atom. The topological polar surface area (TPSA) is 50.2 Å². The Labute approximate surface area is 108 Å². The van der Waals surface area contributed by atoms with Crippen molar-refractivity contribution in [1.82, 2.24) is 4.98 Å². The standard InChI is InChI=1S/C13H12FNO2S/c1-2-3-10-15-11(12(18-10)13(16)17)8-4-6-9(14)7-5-8/h4-7H,2-3H2,1H3,(H,16,17). The van der Waals surface area contributed by atoms with Crippen LogP contribution in [-0.4, -0.2) is 16.1 Å². The van der Waals surface area contributed by atoms with Crippen molar-refractivity contribution < 1.29 is 14.3 Å². The molecule has 0 spiro atoms. The molecule has 5 heteroatoms. The number of nitrogens with zero attached hydrogens (tertiary/aromatic N) is 1. The monoisotopic (exact) mass is 265 g/mol. The molecule has 18 heavy (non-hydrogen) atoms. The summed E-state index contributed by atoms with van der Waals surface area (Å²) in [5, 5.41) is 9.96. The van der Waals surface area contributed by atoms with Crippen LogP contribution in [0.15, 0.2) is 24.3 Å². The minimum Gasteiger partial charge on any atom is -0.477 e. The van der Waals surface area contributed by atoms with Crippen LogP contribution in [0.5, 0.6) is 0 Å². The van der Waals surface area contributed by atoms with Crippen LogP contribution in [0.1, 0.15) is 28.0 Å². The van der Waals surface area contributed by atoms with Crippen LogP contribution in [0.2, 0.25) is 0 Å². The maximum absolute atomic E-state index is 12.9. The van der Waals surface area contributed by atoms with Crippen molar-refractivity contribution in [2.24, 2.45) is 0 Å². The smallest absolute Gasteiger partial charge is 0.348 e. The lowest BCUT2D eigenvalue weighted by molar-refractivity contribution is 0.0702. The van der Waals surface area contributed by atoms with E-state index in [2.05, 4.69) is 4.98 Å². The largest absolute Gasteiger partial charge is 0.477 e. The fraction of sp³-hybridized carbons (Fsp3) is 0.231. The molecule has 0 atom stereocenters. The number of halogens is 1. The van der Waals surface area contributed by atoms with E-state index in [4.69, 9.17) is 5.11 Å². The zero-order chi connectivity index (χ0) is 13.1. The first-order chi connectivity index (χ1) is 8.61. The Kier molecular flexibility index (Phi) is 3.72. The van der Waals surface area contributed by atoms with Gasteiger partial charge in [-0.05, 0) is 37.1 Å². The molecule has 1 N–H and O–H groups in total. The molecular formula is C13H12FNO2S. The van der Waals surface area contributed by atoms with Gasteiger partial charge in [0.1, 0.15) is 10.7 Å². The van der Waals surface area contributed by atoms with Crippen LogP contribution < -0.4 is 0 Å². The zero-order valence-corrected chi connectivity index (χ0v) is 10.6. The van der Waals surface area contributed by atoms with Gasteiger partial charge in [-0.15, -0.1) is 11.3 Å². The van der Waals surface area contributed by atoms with Gasteiger partial charge in [0.05, 0.1) is 10.7 Å². The lowest BCUT2D eigenvalue weighted by Crippen LogP contribution is -1.95. The van der Waals surface area contributed by atoms with Crippen molar-refractivity contribution in [2.75, 3.05) is 0 Å². The van der Waals surface area contributed by atoms with E-state index in [1.165, 1.54) is 23.5 Å². The highest BCUT2D eigenvalue weighted by Gasteiger charge is 2.18. The molecule has 0 saturated heterocycles. The summed E-state index contributed by atoms with van der Waals surface area (Å²) >= 11 is 1.19. The SMILES string of the molecule is CCCc1nc(-c2ccc(F)cc2)c(C(=O)O)s1. The van der Waals surface area contributed by atoms with Gasteiger partial charge in [-0.3, -0.25) is 0 Å². The number of carboxylic acid groups (broad SMARTS) is 1. The summed E-state index contributed by atoms with van der Waals surface area (Å²) in [5.74, 6) is -1.34. The third-order valence-electron chi connectivity index (χ3n) is 2.45. The lowest BCUT2D eigenvalue weighted by Gasteiger charge is -1.98. The quantitative estimate of drug-likeness (QED) is 0.918. The second-order valence-electron chi connectivity index (χ2n) is 3.85. The Morgan fingerprint density at radius 3 is 2.61 bits per heavy atom. The van der Waals surface area contributed by atoms with Gasteiger partial charge >= 0.3 is 5.97 Å². The van der Waals surface area contributed by atoms with E-state index in [1.807, 2.05) is 6.92 Å². The number of rotatable bonds is 4. The molecule has 0 aliphatic heterocycles. The fourth-order valence-electron chi connectivity index (χ4n) is 1.63. The van der Waals surface area contributed by atoms with Crippen LogP contribution in [-0.2, 0) is 6.42 Å². The van der Waals surface area contributed by atoms with E-state index < -0.39 is 5.97 Å². The molecular weight excluding hydrogens is 253 g/mol. The average molecular weight is 265 g/mol. The Hall–Kier alpha value is -1.75. The normalized spacial score (nSPS) is 10.6. The molecule has 0 amide bonds. The van der Waals surface area contributed by atoms with Crippen LogP contribution in [0.3, 0.4) is 0 Å². The minimum absolute atomic E-state index is 0.213. The summed E-state index contributed by atoms with van der Waals surface area (Å²) in [6.07, 6.45) is 1.67. The van der Waals surface area contributed by atoms with Gasteiger partial charge in [0.25, 0.3) is 0 Å². The molecule has 94 valence electrons. The summed E-state index contributed by atoms with van der Waals surface area (Å²) < 4.78 is 12.9. The van der Waals surface area contributed by atoms with Crippen LogP contribution in [0.25, 0.3) is 11.3 Å². The van der Waals surface area contributed by atoms with E-state index in [1.54, 1.807) is 12.1 Å². The van der Waals surface area contributed by atoms with Gasteiger partial charge < -0.3 is 5.11 Å². The van der Waals surface area contributed by atoms with Crippen molar-refractivity contribution in [3.8, 4) is 11.3 Å². The van der Waals surface area contributed by atoms with Gasteiger partial charge in [0, 0.05) is 5.56 Å². The van der Waals surface area contributed by atoms with E-state index >= 15 is 0 Å². The summed E-state index contributed by atoms with van der Waals surface area (Å²) in [6, 6.07) is 5.71. The Bertz CT molecular complexity index is 563. The highest BCUT2D eigenvalue weighted by molar-refractivity contribution is 7.14. The second kappa shape index (κ2) is 5.27. The molecule has 0 aliphatic carbocycles. The number of hydrogen-bond acceptors (Lipinski definition) is 3. The molecule has 1 aromatic heterocycles. The number of aromatic carboxylic acids is 1. The number of carboxylic acids is 1. The summed E-state index contributed by atoms with van der Waals surface area (Å²) in [4.78, 5) is 15.7. The lowest BCUT2D eigenvalue weighted by atomic mass is 10.1. The van der Waals surface area contributed by atoms with Crippen LogP contribution in [0, 0.1) is 5.82 Å². The highest BCUT2D eigenvalue weighted by Crippen LogP contribution is 2.29. The Morgan fingerprint density at radius 1 is 1.39 bits per heavy atom. The number of carbonyl (C=O) groups is 1. The van der Waals surface area contributed by atoms with Gasteiger partial charge in [-0.2, -0.15) is 0 Å². The van der Waals surface area contributed by atoms with Gasteiger partial charge in [0.2, 0.25) is 0 Å². The molecule has 0 unspecified atom stereocenters. The van der Waals surface area contributed by atoms with E-state index in [0.717, 1.165) is 17.8 Å². The molecule has 1 heterocycles. The van der Waals surface area contributed by atoms with Crippen molar-refractivity contribution in [3.05, 3.63) is 40.0 Å². The third-order valence-corrected chi connectivity index (χ3v) is 3.55. The molecule has 2 rings (SSSR count). The van der Waals surface area contributed by atoms with Crippen LogP contribution >= 0.6 is 11.3 Å². The third kappa shape index (κ3) is 2.56. The number of hydrogen-bond donors (Lipinski definition) is 1. The molecule has 2 aromatic rings. The van der Waals surface area contributed by atoms with Crippen molar-refractivity contribution in [3.63, 3.8) is 0 Å². The van der Waals surface area contributed by atoms with E-state index in [0.29, 0.717) is 11.3 Å². The summed E-state index contributed by atoms with van der Waals surface area (Å²) in [6.45, 7) is 2.01. The van der Waals surface area contributed by atoms with Crippen molar-refractivity contribution >= 4 is 17.3 Å². The number of benzene rings is 1. The molecule has 1 aromatic carbocycles. The fourth-order valence-corrected chi connectivity index (χ4v) is 2.66. The average Bonchev–Trinajstić information content (AvgIpc) is 2.75. The first-order valence-electron chi connectivity index (χ1n) is 5.60. The molecule has 0 saturated carbocycles. The first kappa shape index (κ1) is 12.7. The molecule has 3 nitrogen and oxygen atoms in total. The first-order valence-corrected chi connectivity index (χ1v) is 6.42. The maximum atomic E-state index is 12.9. The Balaban J connectivity index is 2.47. The van der Waals surface area contributed by atoms with Crippen LogP contribution in [0.4, 0.5) is 4.39 Å². The molecule has 0 fully saturated rings. The van der Waals surface area contributed by atoms with E-state index in [9.17, 15) is 9.18 Å². The molecule has 0 bridgehead atoms. The maximum Gasteiger partial charge on any atom is 0.348 e. The zero-order valence-electron chi connectivity index (χ0n) is 9.81. The highest BCUT2D eigenvalue weighted by atomic mass is 32.1.